The van der Waals surface area contributed by atoms with E-state index in [2.05, 4.69) is 0 Å². The Morgan fingerprint density at radius 3 is 2.61 bits per heavy atom. The second-order valence-corrected chi connectivity index (χ2v) is 4.63. The summed E-state index contributed by atoms with van der Waals surface area (Å²) in [4.78, 5) is 1.77. The molecule has 1 aliphatic heterocycles. The zero-order chi connectivity index (χ0) is 13.5. The van der Waals surface area contributed by atoms with Gasteiger partial charge in [0.15, 0.2) is 0 Å². The van der Waals surface area contributed by atoms with E-state index in [-0.39, 0.29) is 6.04 Å². The van der Waals surface area contributed by atoms with Crippen LogP contribution in [0.1, 0.15) is 18.1 Å². The molecule has 0 bridgehead atoms. The average Bonchev–Trinajstić information content (AvgIpc) is 2.57. The van der Waals surface area contributed by atoms with Gasteiger partial charge < -0.3 is 10.6 Å². The number of alkyl halides is 3. The lowest BCUT2D eigenvalue weighted by Gasteiger charge is -2.22. The zero-order valence-corrected chi connectivity index (χ0v) is 9.89. The first-order valence-corrected chi connectivity index (χ1v) is 5.69. The Kier molecular flexibility index (Phi) is 3.23. The summed E-state index contributed by atoms with van der Waals surface area (Å²) in [5, 5.41) is 0. The van der Waals surface area contributed by atoms with Crippen LogP contribution in [0.25, 0.3) is 0 Å². The van der Waals surface area contributed by atoms with Crippen molar-refractivity contribution in [2.45, 2.75) is 25.6 Å². The third-order valence-corrected chi connectivity index (χ3v) is 2.97. The summed E-state index contributed by atoms with van der Waals surface area (Å²) < 4.78 is 51.2. The molecular weight excluding hydrogens is 248 g/mol. The summed E-state index contributed by atoms with van der Waals surface area (Å²) in [5.41, 5.74) is 5.49. The van der Waals surface area contributed by atoms with Crippen molar-refractivity contribution in [1.82, 2.24) is 0 Å². The van der Waals surface area contributed by atoms with Crippen LogP contribution in [-0.2, 0) is 12.6 Å². The smallest absolute Gasteiger partial charge is 0.369 e. The Morgan fingerprint density at radius 1 is 1.39 bits per heavy atom. The molecule has 0 aliphatic carbocycles. The molecule has 1 aliphatic rings. The van der Waals surface area contributed by atoms with Crippen molar-refractivity contribution >= 4 is 5.69 Å². The standard InChI is InChI=1S/C12H14F4N2/c1-7(17)6-18-3-2-8-4-10(13)9(5-11(8)18)12(14,15)16/h4-5,7H,2-3,6,17H2,1H3. The molecule has 2 N–H and O–H groups in total. The molecule has 2 nitrogen and oxygen atoms in total. The van der Waals surface area contributed by atoms with Gasteiger partial charge in [0.25, 0.3) is 0 Å². The SMILES string of the molecule is CC(N)CN1CCc2cc(F)c(C(F)(F)F)cc21. The molecule has 18 heavy (non-hydrogen) atoms. The highest BCUT2D eigenvalue weighted by molar-refractivity contribution is 5.60. The maximum atomic E-state index is 13.4. The summed E-state index contributed by atoms with van der Waals surface area (Å²) in [6, 6.07) is 1.73. The predicted molar refractivity (Wildman–Crippen MR) is 61.0 cm³/mol. The number of fused-ring (bicyclic) bond motifs is 1. The molecule has 100 valence electrons. The second-order valence-electron chi connectivity index (χ2n) is 4.63. The number of hydrogen-bond acceptors (Lipinski definition) is 2. The van der Waals surface area contributed by atoms with Gasteiger partial charge in [0.2, 0.25) is 0 Å². The van der Waals surface area contributed by atoms with Gasteiger partial charge in [-0.3, -0.25) is 0 Å². The monoisotopic (exact) mass is 262 g/mol. The van der Waals surface area contributed by atoms with Gasteiger partial charge in [-0.15, -0.1) is 0 Å². The fourth-order valence-electron chi connectivity index (χ4n) is 2.23. The van der Waals surface area contributed by atoms with Crippen molar-refractivity contribution in [2.24, 2.45) is 5.73 Å². The van der Waals surface area contributed by atoms with Crippen LogP contribution in [0, 0.1) is 5.82 Å². The minimum atomic E-state index is -4.66. The fraction of sp³-hybridized carbons (Fsp3) is 0.500. The number of nitrogens with two attached hydrogens (primary N) is 1. The molecule has 0 fully saturated rings. The van der Waals surface area contributed by atoms with Gasteiger partial charge in [-0.05, 0) is 31.0 Å². The number of halogens is 4. The molecule has 0 saturated heterocycles. The summed E-state index contributed by atoms with van der Waals surface area (Å²) in [5.74, 6) is -1.20. The summed E-state index contributed by atoms with van der Waals surface area (Å²) in [7, 11) is 0. The van der Waals surface area contributed by atoms with Crippen LogP contribution in [0.2, 0.25) is 0 Å². The predicted octanol–water partition coefficient (Wildman–Crippen LogP) is 2.55. The van der Waals surface area contributed by atoms with Gasteiger partial charge in [0, 0.05) is 24.8 Å². The molecule has 1 atom stereocenters. The van der Waals surface area contributed by atoms with Gasteiger partial charge in [-0.1, -0.05) is 0 Å². The molecule has 1 heterocycles. The highest BCUT2D eigenvalue weighted by Crippen LogP contribution is 2.38. The molecule has 0 amide bonds. The van der Waals surface area contributed by atoms with Gasteiger partial charge in [-0.2, -0.15) is 13.2 Å². The lowest BCUT2D eigenvalue weighted by Crippen LogP contribution is -2.34. The first-order valence-electron chi connectivity index (χ1n) is 5.69. The maximum Gasteiger partial charge on any atom is 0.419 e. The topological polar surface area (TPSA) is 29.3 Å². The van der Waals surface area contributed by atoms with Gasteiger partial charge in [0.1, 0.15) is 5.82 Å². The molecule has 1 unspecified atom stereocenters. The number of benzene rings is 1. The van der Waals surface area contributed by atoms with Crippen LogP contribution in [0.4, 0.5) is 23.2 Å². The van der Waals surface area contributed by atoms with E-state index >= 15 is 0 Å². The van der Waals surface area contributed by atoms with Crippen LogP contribution in [-0.4, -0.2) is 19.1 Å². The number of hydrogen-bond donors (Lipinski definition) is 1. The Morgan fingerprint density at radius 2 is 2.06 bits per heavy atom. The lowest BCUT2D eigenvalue weighted by molar-refractivity contribution is -0.139. The van der Waals surface area contributed by atoms with E-state index in [1.165, 1.54) is 0 Å². The number of nitrogens with zero attached hydrogens (tertiary/aromatic N) is 1. The first kappa shape index (κ1) is 13.1. The molecule has 0 spiro atoms. The molecule has 2 rings (SSSR count). The average molecular weight is 262 g/mol. The Bertz CT molecular complexity index is 454. The van der Waals surface area contributed by atoms with Crippen LogP contribution in [0.5, 0.6) is 0 Å². The Labute approximate surface area is 102 Å². The van der Waals surface area contributed by atoms with Crippen molar-refractivity contribution in [3.63, 3.8) is 0 Å². The minimum absolute atomic E-state index is 0.143. The highest BCUT2D eigenvalue weighted by atomic mass is 19.4. The van der Waals surface area contributed by atoms with Crippen LogP contribution < -0.4 is 10.6 Å². The minimum Gasteiger partial charge on any atom is -0.369 e. The summed E-state index contributed by atoms with van der Waals surface area (Å²) in [6.07, 6.45) is -4.11. The van der Waals surface area contributed by atoms with Crippen molar-refractivity contribution in [3.05, 3.63) is 29.1 Å². The van der Waals surface area contributed by atoms with E-state index < -0.39 is 17.6 Å². The van der Waals surface area contributed by atoms with E-state index in [1.807, 2.05) is 0 Å². The maximum absolute atomic E-state index is 13.4. The van der Waals surface area contributed by atoms with Gasteiger partial charge >= 0.3 is 6.18 Å². The van der Waals surface area contributed by atoms with Crippen molar-refractivity contribution in [3.8, 4) is 0 Å². The van der Waals surface area contributed by atoms with Crippen LogP contribution >= 0.6 is 0 Å². The molecule has 1 aromatic carbocycles. The molecular formula is C12H14F4N2. The highest BCUT2D eigenvalue weighted by Gasteiger charge is 2.36. The molecule has 0 aromatic heterocycles. The molecule has 0 saturated carbocycles. The normalized spacial score (nSPS) is 16.9. The van der Waals surface area contributed by atoms with E-state index in [9.17, 15) is 17.6 Å². The molecule has 6 heteroatoms. The second kappa shape index (κ2) is 4.42. The van der Waals surface area contributed by atoms with Crippen LogP contribution in [0.15, 0.2) is 12.1 Å². The van der Waals surface area contributed by atoms with Crippen molar-refractivity contribution in [2.75, 3.05) is 18.0 Å². The molecule has 0 radical (unpaired) electrons. The summed E-state index contributed by atoms with van der Waals surface area (Å²) >= 11 is 0. The number of rotatable bonds is 2. The lowest BCUT2D eigenvalue weighted by atomic mass is 10.1. The van der Waals surface area contributed by atoms with Gasteiger partial charge in [-0.25, -0.2) is 4.39 Å². The van der Waals surface area contributed by atoms with E-state index in [4.69, 9.17) is 5.73 Å². The fourth-order valence-corrected chi connectivity index (χ4v) is 2.23. The summed E-state index contributed by atoms with van der Waals surface area (Å²) in [6.45, 7) is 2.83. The van der Waals surface area contributed by atoms with Crippen molar-refractivity contribution < 1.29 is 17.6 Å². The first-order chi connectivity index (χ1) is 8.29. The Balaban J connectivity index is 2.40. The third kappa shape index (κ3) is 2.43. The van der Waals surface area contributed by atoms with Crippen LogP contribution in [0.3, 0.4) is 0 Å². The van der Waals surface area contributed by atoms with Crippen molar-refractivity contribution in [1.29, 1.82) is 0 Å². The zero-order valence-electron chi connectivity index (χ0n) is 9.89. The van der Waals surface area contributed by atoms with E-state index in [0.717, 1.165) is 12.1 Å². The quantitative estimate of drug-likeness (QED) is 0.830. The van der Waals surface area contributed by atoms with E-state index in [0.29, 0.717) is 30.8 Å². The van der Waals surface area contributed by atoms with Gasteiger partial charge in [0.05, 0.1) is 5.56 Å². The molecule has 1 aromatic rings. The Hall–Kier alpha value is -1.30. The van der Waals surface area contributed by atoms with E-state index in [1.54, 1.807) is 11.8 Å². The number of anilines is 1. The largest absolute Gasteiger partial charge is 0.419 e. The third-order valence-electron chi connectivity index (χ3n) is 2.97.